The summed E-state index contributed by atoms with van der Waals surface area (Å²) in [6.07, 6.45) is 1.37. The highest BCUT2D eigenvalue weighted by Gasteiger charge is 2.20. The zero-order chi connectivity index (χ0) is 16.1. The van der Waals surface area contributed by atoms with Crippen molar-refractivity contribution in [3.8, 4) is 5.75 Å². The fourth-order valence-corrected chi connectivity index (χ4v) is 3.45. The summed E-state index contributed by atoms with van der Waals surface area (Å²) in [5.74, 6) is 0.847. The van der Waals surface area contributed by atoms with Gasteiger partial charge in [-0.25, -0.2) is 4.98 Å². The van der Waals surface area contributed by atoms with E-state index in [0.717, 1.165) is 42.6 Å². The second kappa shape index (κ2) is 7.77. The maximum Gasteiger partial charge on any atom is 0.185 e. The lowest BCUT2D eigenvalue weighted by Gasteiger charge is -2.35. The summed E-state index contributed by atoms with van der Waals surface area (Å²) >= 11 is 1.68. The summed E-state index contributed by atoms with van der Waals surface area (Å²) in [6.45, 7) is 6.80. The van der Waals surface area contributed by atoms with Crippen molar-refractivity contribution in [1.29, 1.82) is 0 Å². The van der Waals surface area contributed by atoms with Gasteiger partial charge in [0.2, 0.25) is 0 Å². The standard InChI is InChI=1S/C17H23N3O2S/c1-14-4-2-3-5-16(14)22-13-15(21)12-19-7-9-20(10-8-19)17-18-6-11-23-17/h2-6,11,15,21H,7-10,12-13H2,1H3. The van der Waals surface area contributed by atoms with Gasteiger partial charge in [-0.3, -0.25) is 4.90 Å². The number of rotatable bonds is 6. The van der Waals surface area contributed by atoms with Crippen LogP contribution in [0, 0.1) is 6.92 Å². The highest BCUT2D eigenvalue weighted by Crippen LogP contribution is 2.19. The molecule has 1 fully saturated rings. The number of thiazole rings is 1. The van der Waals surface area contributed by atoms with Crippen LogP contribution in [0.3, 0.4) is 0 Å². The van der Waals surface area contributed by atoms with Gasteiger partial charge in [0.05, 0.1) is 0 Å². The van der Waals surface area contributed by atoms with Gasteiger partial charge in [0, 0.05) is 44.3 Å². The molecule has 1 aromatic heterocycles. The normalized spacial score (nSPS) is 17.2. The molecule has 0 radical (unpaired) electrons. The van der Waals surface area contributed by atoms with E-state index in [4.69, 9.17) is 4.74 Å². The maximum atomic E-state index is 10.2. The maximum absolute atomic E-state index is 10.2. The van der Waals surface area contributed by atoms with Crippen molar-refractivity contribution in [2.75, 3.05) is 44.2 Å². The molecular weight excluding hydrogens is 310 g/mol. The van der Waals surface area contributed by atoms with E-state index in [1.165, 1.54) is 0 Å². The van der Waals surface area contributed by atoms with Crippen LogP contribution in [0.15, 0.2) is 35.8 Å². The molecule has 1 saturated heterocycles. The third-order valence-corrected chi connectivity index (χ3v) is 4.89. The van der Waals surface area contributed by atoms with Crippen molar-refractivity contribution in [3.63, 3.8) is 0 Å². The second-order valence-corrected chi connectivity index (χ2v) is 6.71. The second-order valence-electron chi connectivity index (χ2n) is 5.83. The Labute approximate surface area is 141 Å². The average Bonchev–Trinajstić information content (AvgIpc) is 3.09. The molecule has 0 amide bonds. The third kappa shape index (κ3) is 4.43. The molecule has 0 spiro atoms. The summed E-state index contributed by atoms with van der Waals surface area (Å²) in [5, 5.41) is 13.3. The van der Waals surface area contributed by atoms with Gasteiger partial charge in [0.25, 0.3) is 0 Å². The third-order valence-electron chi connectivity index (χ3n) is 4.06. The molecule has 2 aromatic rings. The molecule has 0 bridgehead atoms. The van der Waals surface area contributed by atoms with Crippen LogP contribution < -0.4 is 9.64 Å². The molecule has 1 aliphatic rings. The summed E-state index contributed by atoms with van der Waals surface area (Å²) in [7, 11) is 0. The number of benzene rings is 1. The molecule has 0 saturated carbocycles. The minimum atomic E-state index is -0.471. The Balaban J connectivity index is 1.41. The first-order chi connectivity index (χ1) is 11.2. The SMILES string of the molecule is Cc1ccccc1OCC(O)CN1CCN(c2nccs2)CC1. The van der Waals surface area contributed by atoms with Gasteiger partial charge in [-0.05, 0) is 18.6 Å². The Morgan fingerprint density at radius 3 is 2.74 bits per heavy atom. The minimum absolute atomic E-state index is 0.331. The number of aromatic nitrogens is 1. The zero-order valence-electron chi connectivity index (χ0n) is 13.4. The molecule has 23 heavy (non-hydrogen) atoms. The van der Waals surface area contributed by atoms with Crippen LogP contribution in [0.4, 0.5) is 5.13 Å². The van der Waals surface area contributed by atoms with Crippen LogP contribution in [0.1, 0.15) is 5.56 Å². The molecule has 124 valence electrons. The van der Waals surface area contributed by atoms with E-state index in [-0.39, 0.29) is 0 Å². The van der Waals surface area contributed by atoms with E-state index < -0.39 is 6.10 Å². The number of aliphatic hydroxyl groups is 1. The van der Waals surface area contributed by atoms with Crippen molar-refractivity contribution in [2.45, 2.75) is 13.0 Å². The number of para-hydroxylation sites is 1. The summed E-state index contributed by atoms with van der Waals surface area (Å²) in [6, 6.07) is 7.89. The largest absolute Gasteiger partial charge is 0.491 e. The van der Waals surface area contributed by atoms with Crippen LogP contribution in [0.5, 0.6) is 5.75 Å². The molecule has 1 aromatic carbocycles. The number of piperazine rings is 1. The first-order valence-electron chi connectivity index (χ1n) is 7.95. The van der Waals surface area contributed by atoms with Crippen LogP contribution in [-0.2, 0) is 0 Å². The number of aryl methyl sites for hydroxylation is 1. The zero-order valence-corrected chi connectivity index (χ0v) is 14.2. The summed E-state index contributed by atoms with van der Waals surface area (Å²) in [4.78, 5) is 8.94. The van der Waals surface area contributed by atoms with Gasteiger partial charge in [-0.15, -0.1) is 11.3 Å². The van der Waals surface area contributed by atoms with Gasteiger partial charge in [0.15, 0.2) is 5.13 Å². The lowest BCUT2D eigenvalue weighted by molar-refractivity contribution is 0.0661. The molecular formula is C17H23N3O2S. The van der Waals surface area contributed by atoms with Crippen LogP contribution in [0.25, 0.3) is 0 Å². The molecule has 1 unspecified atom stereocenters. The highest BCUT2D eigenvalue weighted by atomic mass is 32.1. The lowest BCUT2D eigenvalue weighted by atomic mass is 10.2. The van der Waals surface area contributed by atoms with Crippen molar-refractivity contribution < 1.29 is 9.84 Å². The van der Waals surface area contributed by atoms with Crippen LogP contribution in [0.2, 0.25) is 0 Å². The summed E-state index contributed by atoms with van der Waals surface area (Å²) in [5.41, 5.74) is 1.09. The molecule has 1 aliphatic heterocycles. The lowest BCUT2D eigenvalue weighted by Crippen LogP contribution is -2.49. The quantitative estimate of drug-likeness (QED) is 0.876. The molecule has 5 nitrogen and oxygen atoms in total. The van der Waals surface area contributed by atoms with E-state index in [1.54, 1.807) is 11.3 Å². The molecule has 2 heterocycles. The highest BCUT2D eigenvalue weighted by molar-refractivity contribution is 7.13. The predicted molar refractivity (Wildman–Crippen MR) is 93.4 cm³/mol. The van der Waals surface area contributed by atoms with Crippen molar-refractivity contribution in [1.82, 2.24) is 9.88 Å². The Morgan fingerprint density at radius 2 is 2.04 bits per heavy atom. The fraction of sp³-hybridized carbons (Fsp3) is 0.471. The molecule has 3 rings (SSSR count). The molecule has 0 aliphatic carbocycles. The minimum Gasteiger partial charge on any atom is -0.491 e. The number of hydrogen-bond donors (Lipinski definition) is 1. The van der Waals surface area contributed by atoms with Gasteiger partial charge in [0.1, 0.15) is 18.5 Å². The van der Waals surface area contributed by atoms with Crippen LogP contribution >= 0.6 is 11.3 Å². The Kier molecular flexibility index (Phi) is 5.48. The van der Waals surface area contributed by atoms with Gasteiger partial charge < -0.3 is 14.7 Å². The number of ether oxygens (including phenoxy) is 1. The number of aliphatic hydroxyl groups excluding tert-OH is 1. The van der Waals surface area contributed by atoms with Crippen LogP contribution in [-0.4, -0.2) is 60.4 Å². The fourth-order valence-electron chi connectivity index (χ4n) is 2.75. The molecule has 1 N–H and O–H groups in total. The van der Waals surface area contributed by atoms with E-state index >= 15 is 0 Å². The Bertz CT molecular complexity index is 598. The number of β-amino-alcohol motifs (C(OH)–C–C–N with tert-alkyl or cyclic N) is 1. The van der Waals surface area contributed by atoms with Crippen molar-refractivity contribution >= 4 is 16.5 Å². The van der Waals surface area contributed by atoms with Gasteiger partial charge in [-0.2, -0.15) is 0 Å². The topological polar surface area (TPSA) is 48.8 Å². The smallest absolute Gasteiger partial charge is 0.185 e. The number of anilines is 1. The Hall–Kier alpha value is -1.63. The first-order valence-corrected chi connectivity index (χ1v) is 8.83. The van der Waals surface area contributed by atoms with Crippen molar-refractivity contribution in [2.24, 2.45) is 0 Å². The molecule has 6 heteroatoms. The number of hydrogen-bond acceptors (Lipinski definition) is 6. The van der Waals surface area contributed by atoms with E-state index in [1.807, 2.05) is 42.8 Å². The monoisotopic (exact) mass is 333 g/mol. The van der Waals surface area contributed by atoms with E-state index in [0.29, 0.717) is 13.2 Å². The predicted octanol–water partition coefficient (Wildman–Crippen LogP) is 2.01. The first kappa shape index (κ1) is 16.2. The van der Waals surface area contributed by atoms with Gasteiger partial charge in [-0.1, -0.05) is 18.2 Å². The van der Waals surface area contributed by atoms with E-state index in [2.05, 4.69) is 14.8 Å². The van der Waals surface area contributed by atoms with E-state index in [9.17, 15) is 5.11 Å². The molecule has 1 atom stereocenters. The number of nitrogens with zero attached hydrogens (tertiary/aromatic N) is 3. The average molecular weight is 333 g/mol. The van der Waals surface area contributed by atoms with Crippen molar-refractivity contribution in [3.05, 3.63) is 41.4 Å². The van der Waals surface area contributed by atoms with Gasteiger partial charge >= 0.3 is 0 Å². The summed E-state index contributed by atoms with van der Waals surface area (Å²) < 4.78 is 5.72. The Morgan fingerprint density at radius 1 is 1.26 bits per heavy atom.